The molecule has 2 atom stereocenters. The summed E-state index contributed by atoms with van der Waals surface area (Å²) in [7, 11) is 0. The molecule has 7 nitrogen and oxygen atoms in total. The second-order valence-electron chi connectivity index (χ2n) is 4.65. The van der Waals surface area contributed by atoms with Gasteiger partial charge < -0.3 is 4.74 Å². The molecule has 1 fully saturated rings. The third kappa shape index (κ3) is 1.97. The molecule has 0 aromatic heterocycles. The number of esters is 1. The van der Waals surface area contributed by atoms with Crippen LogP contribution in [0, 0.1) is 5.92 Å². The first-order chi connectivity index (χ1) is 10.1. The highest BCUT2D eigenvalue weighted by molar-refractivity contribution is 6.46. The number of carbonyl (C=O) groups is 3. The molecule has 21 heavy (non-hydrogen) atoms. The Morgan fingerprint density at radius 1 is 1.29 bits per heavy atom. The van der Waals surface area contributed by atoms with Crippen LogP contribution in [0.4, 0.5) is 5.69 Å². The number of ether oxygens (including phenoxy) is 1. The molecule has 0 spiro atoms. The molecule has 0 aliphatic carbocycles. The molecule has 1 N–H and O–H groups in total. The first-order valence-corrected chi connectivity index (χ1v) is 6.58. The van der Waals surface area contributed by atoms with Gasteiger partial charge >= 0.3 is 5.97 Å². The number of rotatable bonds is 3. The van der Waals surface area contributed by atoms with Crippen LogP contribution in [0.1, 0.15) is 6.92 Å². The number of anilines is 1. The van der Waals surface area contributed by atoms with E-state index in [0.717, 1.165) is 4.90 Å². The van der Waals surface area contributed by atoms with Gasteiger partial charge in [-0.25, -0.2) is 9.69 Å². The second kappa shape index (κ2) is 5.01. The molecular weight excluding hydrogens is 274 g/mol. The lowest BCUT2D eigenvalue weighted by molar-refractivity contribution is -0.136. The molecule has 1 aromatic carbocycles. The number of hydrogen-bond donors (Lipinski definition) is 1. The maximum absolute atomic E-state index is 12.5. The number of para-hydroxylation sites is 1. The smallest absolute Gasteiger partial charge is 0.355 e. The van der Waals surface area contributed by atoms with Gasteiger partial charge in [-0.15, -0.1) is 0 Å². The molecule has 2 aliphatic rings. The van der Waals surface area contributed by atoms with Gasteiger partial charge in [-0.3, -0.25) is 15.0 Å². The molecule has 0 radical (unpaired) electrons. The van der Waals surface area contributed by atoms with E-state index in [1.165, 1.54) is 0 Å². The van der Waals surface area contributed by atoms with E-state index in [1.54, 1.807) is 37.3 Å². The zero-order chi connectivity index (χ0) is 15.0. The molecule has 1 saturated heterocycles. The van der Waals surface area contributed by atoms with Crippen molar-refractivity contribution in [3.63, 3.8) is 0 Å². The van der Waals surface area contributed by atoms with Crippen molar-refractivity contribution >= 4 is 29.2 Å². The van der Waals surface area contributed by atoms with Crippen molar-refractivity contribution < 1.29 is 19.1 Å². The summed E-state index contributed by atoms with van der Waals surface area (Å²) >= 11 is 0. The van der Waals surface area contributed by atoms with Crippen molar-refractivity contribution in [3.8, 4) is 0 Å². The highest BCUT2D eigenvalue weighted by Gasteiger charge is 2.55. The zero-order valence-corrected chi connectivity index (χ0v) is 11.3. The Kier molecular flexibility index (Phi) is 3.17. The summed E-state index contributed by atoms with van der Waals surface area (Å²) in [4.78, 5) is 37.7. The molecule has 0 unspecified atom stereocenters. The molecule has 2 amide bonds. The Balaban J connectivity index is 1.91. The fraction of sp³-hybridized carbons (Fsp3) is 0.286. The van der Waals surface area contributed by atoms with Crippen molar-refractivity contribution in [2.75, 3.05) is 11.5 Å². The van der Waals surface area contributed by atoms with Crippen molar-refractivity contribution in [1.82, 2.24) is 5.43 Å². The summed E-state index contributed by atoms with van der Waals surface area (Å²) in [5.41, 5.74) is 3.00. The molecule has 1 aromatic rings. The van der Waals surface area contributed by atoms with Gasteiger partial charge in [0.1, 0.15) is 12.0 Å². The molecule has 0 bridgehead atoms. The average molecular weight is 287 g/mol. The van der Waals surface area contributed by atoms with Crippen LogP contribution in [-0.4, -0.2) is 36.1 Å². The number of hydrazone groups is 1. The number of nitrogens with zero attached hydrogens (tertiary/aromatic N) is 2. The van der Waals surface area contributed by atoms with Gasteiger partial charge in [-0.05, 0) is 19.1 Å². The van der Waals surface area contributed by atoms with Gasteiger partial charge in [0.05, 0.1) is 12.3 Å². The van der Waals surface area contributed by atoms with Gasteiger partial charge in [0.15, 0.2) is 5.71 Å². The first kappa shape index (κ1) is 13.3. The summed E-state index contributed by atoms with van der Waals surface area (Å²) in [5, 5.41) is 3.79. The van der Waals surface area contributed by atoms with Gasteiger partial charge in [-0.1, -0.05) is 18.2 Å². The van der Waals surface area contributed by atoms with Gasteiger partial charge in [0, 0.05) is 0 Å². The highest BCUT2D eigenvalue weighted by atomic mass is 16.5. The van der Waals surface area contributed by atoms with Crippen molar-refractivity contribution in [1.29, 1.82) is 0 Å². The third-order valence-corrected chi connectivity index (χ3v) is 3.42. The van der Waals surface area contributed by atoms with E-state index in [9.17, 15) is 14.4 Å². The van der Waals surface area contributed by atoms with Gasteiger partial charge in [0.2, 0.25) is 5.91 Å². The summed E-state index contributed by atoms with van der Waals surface area (Å²) < 4.78 is 4.87. The summed E-state index contributed by atoms with van der Waals surface area (Å²) in [6, 6.07) is 7.75. The SMILES string of the molecule is CCOC(=O)C1=NN[C@H]2C(=O)N(c3ccccc3)C(=O)[C@@H]12. The fourth-order valence-electron chi connectivity index (χ4n) is 2.49. The zero-order valence-electron chi connectivity index (χ0n) is 11.3. The largest absolute Gasteiger partial charge is 0.461 e. The molecule has 3 rings (SSSR count). The van der Waals surface area contributed by atoms with E-state index in [4.69, 9.17) is 4.74 Å². The summed E-state index contributed by atoms with van der Waals surface area (Å²) in [5.74, 6) is -2.47. The quantitative estimate of drug-likeness (QED) is 0.627. The van der Waals surface area contributed by atoms with Crippen LogP contribution in [0.15, 0.2) is 35.4 Å². The van der Waals surface area contributed by atoms with Crippen LogP contribution < -0.4 is 10.3 Å². The topological polar surface area (TPSA) is 88.1 Å². The van der Waals surface area contributed by atoms with Crippen molar-refractivity contribution in [2.24, 2.45) is 11.0 Å². The minimum Gasteiger partial charge on any atom is -0.461 e. The summed E-state index contributed by atoms with van der Waals surface area (Å²) in [6.45, 7) is 1.84. The van der Waals surface area contributed by atoms with E-state index >= 15 is 0 Å². The van der Waals surface area contributed by atoms with Crippen LogP contribution in [0.5, 0.6) is 0 Å². The van der Waals surface area contributed by atoms with Crippen LogP contribution in [0.2, 0.25) is 0 Å². The van der Waals surface area contributed by atoms with Crippen LogP contribution in [0.25, 0.3) is 0 Å². The molecule has 2 aliphatic heterocycles. The standard InChI is InChI=1S/C14H13N3O4/c1-2-21-14(20)11-9-10(15-16-11)13(19)17(12(9)18)8-6-4-3-5-7-8/h3-7,9-10,15H,2H2,1H3/t9-,10-/m1/s1. The number of fused-ring (bicyclic) bond motifs is 1. The van der Waals surface area contributed by atoms with Crippen molar-refractivity contribution in [3.05, 3.63) is 30.3 Å². The van der Waals surface area contributed by atoms with Crippen LogP contribution >= 0.6 is 0 Å². The summed E-state index contributed by atoms with van der Waals surface area (Å²) in [6.07, 6.45) is 0. The lowest BCUT2D eigenvalue weighted by atomic mass is 9.99. The van der Waals surface area contributed by atoms with Gasteiger partial charge in [-0.2, -0.15) is 5.10 Å². The second-order valence-corrected chi connectivity index (χ2v) is 4.65. The number of nitrogens with one attached hydrogen (secondary N) is 1. The predicted octanol–water partition coefficient (Wildman–Crippen LogP) is 0.0669. The predicted molar refractivity (Wildman–Crippen MR) is 73.4 cm³/mol. The third-order valence-electron chi connectivity index (χ3n) is 3.42. The Morgan fingerprint density at radius 2 is 2.00 bits per heavy atom. The molecule has 0 saturated carbocycles. The molecular formula is C14H13N3O4. The number of imide groups is 1. The maximum atomic E-state index is 12.5. The first-order valence-electron chi connectivity index (χ1n) is 6.58. The van der Waals surface area contributed by atoms with E-state index < -0.39 is 29.7 Å². The Hall–Kier alpha value is -2.70. The van der Waals surface area contributed by atoms with Crippen LogP contribution in [0.3, 0.4) is 0 Å². The lowest BCUT2D eigenvalue weighted by Gasteiger charge is -2.15. The fourth-order valence-corrected chi connectivity index (χ4v) is 2.49. The normalized spacial score (nSPS) is 23.7. The number of hydrogen-bond acceptors (Lipinski definition) is 6. The monoisotopic (exact) mass is 287 g/mol. The molecule has 2 heterocycles. The lowest BCUT2D eigenvalue weighted by Crippen LogP contribution is -2.36. The Labute approximate surface area is 120 Å². The minimum absolute atomic E-state index is 0.0429. The van der Waals surface area contributed by atoms with Crippen molar-refractivity contribution in [2.45, 2.75) is 13.0 Å². The number of amides is 2. The van der Waals surface area contributed by atoms with Gasteiger partial charge in [0.25, 0.3) is 5.91 Å². The molecule has 7 heteroatoms. The molecule has 108 valence electrons. The van der Waals surface area contributed by atoms with E-state index in [1.807, 2.05) is 0 Å². The Morgan fingerprint density at radius 3 is 2.67 bits per heavy atom. The van der Waals surface area contributed by atoms with E-state index in [2.05, 4.69) is 10.5 Å². The Bertz CT molecular complexity index is 641. The number of benzene rings is 1. The van der Waals surface area contributed by atoms with E-state index in [0.29, 0.717) is 5.69 Å². The minimum atomic E-state index is -0.920. The number of carbonyl (C=O) groups excluding carboxylic acids is 3. The maximum Gasteiger partial charge on any atom is 0.355 e. The average Bonchev–Trinajstić information content (AvgIpc) is 3.02. The highest BCUT2D eigenvalue weighted by Crippen LogP contribution is 2.30. The van der Waals surface area contributed by atoms with Crippen LogP contribution in [-0.2, 0) is 19.1 Å². The van der Waals surface area contributed by atoms with E-state index in [-0.39, 0.29) is 12.3 Å².